The molecular formula is C27H26Cl3FN2O2S. The van der Waals surface area contributed by atoms with Gasteiger partial charge in [-0.15, -0.1) is 22.9 Å². The van der Waals surface area contributed by atoms with E-state index < -0.39 is 5.41 Å². The molecule has 4 nitrogen and oxygen atoms in total. The van der Waals surface area contributed by atoms with Crippen LogP contribution in [0.5, 0.6) is 0 Å². The van der Waals surface area contributed by atoms with Crippen molar-refractivity contribution in [1.29, 1.82) is 0 Å². The zero-order valence-corrected chi connectivity index (χ0v) is 23.0. The Morgan fingerprint density at radius 2 is 1.83 bits per heavy atom. The highest BCUT2D eigenvalue weighted by Crippen LogP contribution is 2.41. The first-order valence-corrected chi connectivity index (χ1v) is 13.7. The Labute approximate surface area is 229 Å². The van der Waals surface area contributed by atoms with Crippen molar-refractivity contribution in [3.8, 4) is 0 Å². The number of hydrogen-bond acceptors (Lipinski definition) is 3. The summed E-state index contributed by atoms with van der Waals surface area (Å²) in [5, 5.41) is 3.01. The fourth-order valence-electron chi connectivity index (χ4n) is 4.39. The Balaban J connectivity index is 1.67. The molecule has 1 unspecified atom stereocenters. The second-order valence-corrected chi connectivity index (χ2v) is 11.6. The number of thiophene rings is 1. The number of rotatable bonds is 7. The van der Waals surface area contributed by atoms with Crippen LogP contribution in [-0.2, 0) is 22.6 Å². The summed E-state index contributed by atoms with van der Waals surface area (Å²) in [5.74, 6) is -0.713. The lowest BCUT2D eigenvalue weighted by atomic mass is 9.92. The number of carbonyl (C=O) groups is 2. The van der Waals surface area contributed by atoms with Crippen LogP contribution in [0.4, 0.5) is 4.39 Å². The molecular weight excluding hydrogens is 542 g/mol. The van der Waals surface area contributed by atoms with E-state index in [4.69, 9.17) is 34.8 Å². The molecule has 0 saturated carbocycles. The Kier molecular flexibility index (Phi) is 8.30. The lowest BCUT2D eigenvalue weighted by molar-refractivity contribution is -0.146. The molecule has 2 heterocycles. The molecule has 0 bridgehead atoms. The number of halogens is 4. The maximum atomic E-state index is 13.8. The predicted molar refractivity (Wildman–Crippen MR) is 144 cm³/mol. The van der Waals surface area contributed by atoms with E-state index in [0.29, 0.717) is 16.6 Å². The minimum atomic E-state index is -0.872. The third-order valence-corrected chi connectivity index (χ3v) is 8.58. The number of fused-ring (bicyclic) bond motifs is 1. The van der Waals surface area contributed by atoms with Gasteiger partial charge in [-0.1, -0.05) is 41.4 Å². The Hall–Kier alpha value is -2.12. The zero-order chi connectivity index (χ0) is 26.0. The predicted octanol–water partition coefficient (Wildman–Crippen LogP) is 6.96. The topological polar surface area (TPSA) is 40.6 Å². The maximum Gasteiger partial charge on any atom is 0.243 e. The standard InChI is InChI=1S/C27H26Cl3FN2O2S/c1-27(2,16-28)26(35)32(14-17-3-6-19(31)7-4-17)15-24(34)33-11-9-23-21(10-12-36-23)25(33)20-8-5-18(29)13-22(20)30/h3-8,10,12-13,25H,9,11,14-16H2,1-2H3. The van der Waals surface area contributed by atoms with Gasteiger partial charge < -0.3 is 9.80 Å². The molecule has 36 heavy (non-hydrogen) atoms. The van der Waals surface area contributed by atoms with Crippen molar-refractivity contribution in [3.63, 3.8) is 0 Å². The smallest absolute Gasteiger partial charge is 0.243 e. The molecule has 0 saturated heterocycles. The molecule has 0 N–H and O–H groups in total. The zero-order valence-electron chi connectivity index (χ0n) is 19.9. The highest BCUT2D eigenvalue weighted by Gasteiger charge is 2.37. The number of amides is 2. The Morgan fingerprint density at radius 1 is 1.11 bits per heavy atom. The van der Waals surface area contributed by atoms with Crippen LogP contribution in [0.1, 0.15) is 41.5 Å². The fraction of sp³-hybridized carbons (Fsp3) is 0.333. The van der Waals surface area contributed by atoms with Crippen molar-refractivity contribution in [2.45, 2.75) is 32.9 Å². The van der Waals surface area contributed by atoms with Crippen molar-refractivity contribution in [1.82, 2.24) is 9.80 Å². The molecule has 0 radical (unpaired) electrons. The van der Waals surface area contributed by atoms with E-state index in [0.717, 1.165) is 23.1 Å². The molecule has 1 aromatic heterocycles. The summed E-state index contributed by atoms with van der Waals surface area (Å²) in [5.41, 5.74) is 1.66. The number of nitrogens with zero attached hydrogens (tertiary/aromatic N) is 2. The summed E-state index contributed by atoms with van der Waals surface area (Å²) in [6.45, 7) is 4.01. The molecule has 2 amide bonds. The monoisotopic (exact) mass is 566 g/mol. The number of benzene rings is 2. The molecule has 3 aromatic rings. The van der Waals surface area contributed by atoms with E-state index in [-0.39, 0.29) is 42.6 Å². The van der Waals surface area contributed by atoms with Crippen LogP contribution in [-0.4, -0.2) is 40.6 Å². The van der Waals surface area contributed by atoms with Gasteiger partial charge in [0.05, 0.1) is 11.5 Å². The summed E-state index contributed by atoms with van der Waals surface area (Å²) in [6, 6.07) is 12.8. The average Bonchev–Trinajstić information content (AvgIpc) is 3.33. The fourth-order valence-corrected chi connectivity index (χ4v) is 5.92. The molecule has 190 valence electrons. The van der Waals surface area contributed by atoms with E-state index in [2.05, 4.69) is 0 Å². The van der Waals surface area contributed by atoms with Crippen LogP contribution in [0.15, 0.2) is 53.9 Å². The van der Waals surface area contributed by atoms with Gasteiger partial charge >= 0.3 is 0 Å². The van der Waals surface area contributed by atoms with Crippen molar-refractivity contribution >= 4 is 58.0 Å². The molecule has 4 rings (SSSR count). The van der Waals surface area contributed by atoms with E-state index in [9.17, 15) is 14.0 Å². The molecule has 2 aromatic carbocycles. The van der Waals surface area contributed by atoms with Crippen molar-refractivity contribution < 1.29 is 14.0 Å². The van der Waals surface area contributed by atoms with Crippen molar-refractivity contribution in [3.05, 3.63) is 91.3 Å². The van der Waals surface area contributed by atoms with Crippen LogP contribution >= 0.6 is 46.1 Å². The van der Waals surface area contributed by atoms with Gasteiger partial charge in [-0.2, -0.15) is 0 Å². The first-order valence-electron chi connectivity index (χ1n) is 11.5. The molecule has 1 aliphatic heterocycles. The Morgan fingerprint density at radius 3 is 2.50 bits per heavy atom. The number of alkyl halides is 1. The van der Waals surface area contributed by atoms with Gasteiger partial charge in [-0.05, 0) is 72.7 Å². The molecule has 0 spiro atoms. The van der Waals surface area contributed by atoms with Crippen LogP contribution in [0.25, 0.3) is 0 Å². The maximum absolute atomic E-state index is 13.8. The van der Waals surface area contributed by atoms with Gasteiger partial charge in [0.2, 0.25) is 11.8 Å². The lowest BCUT2D eigenvalue weighted by Crippen LogP contribution is -2.49. The minimum absolute atomic E-state index is 0.102. The SMILES string of the molecule is CC(C)(CCl)C(=O)N(CC(=O)N1CCc2sccc2C1c1ccc(Cl)cc1Cl)Cc1ccc(F)cc1. The lowest BCUT2D eigenvalue weighted by Gasteiger charge is -2.39. The van der Waals surface area contributed by atoms with Gasteiger partial charge in [0.15, 0.2) is 0 Å². The number of carbonyl (C=O) groups excluding carboxylic acids is 2. The second kappa shape index (κ2) is 11.1. The van der Waals surface area contributed by atoms with Gasteiger partial charge in [0, 0.05) is 33.9 Å². The molecule has 0 aliphatic carbocycles. The van der Waals surface area contributed by atoms with Gasteiger partial charge in [0.1, 0.15) is 12.4 Å². The van der Waals surface area contributed by atoms with Crippen LogP contribution < -0.4 is 0 Å². The van der Waals surface area contributed by atoms with Crippen molar-refractivity contribution in [2.75, 3.05) is 19.0 Å². The van der Waals surface area contributed by atoms with Gasteiger partial charge in [0.25, 0.3) is 0 Å². The van der Waals surface area contributed by atoms with E-state index >= 15 is 0 Å². The first-order chi connectivity index (χ1) is 17.1. The number of hydrogen-bond donors (Lipinski definition) is 0. The van der Waals surface area contributed by atoms with Gasteiger partial charge in [-0.25, -0.2) is 4.39 Å². The summed E-state index contributed by atoms with van der Waals surface area (Å²) in [4.78, 5) is 31.8. The van der Waals surface area contributed by atoms with Crippen LogP contribution in [0.2, 0.25) is 10.0 Å². The molecule has 0 fully saturated rings. The first kappa shape index (κ1) is 26.9. The van der Waals surface area contributed by atoms with Crippen molar-refractivity contribution in [2.24, 2.45) is 5.41 Å². The van der Waals surface area contributed by atoms with Crippen LogP contribution in [0, 0.1) is 11.2 Å². The molecule has 1 aliphatic rings. The van der Waals surface area contributed by atoms with E-state index in [1.807, 2.05) is 17.5 Å². The summed E-state index contributed by atoms with van der Waals surface area (Å²) in [7, 11) is 0. The van der Waals surface area contributed by atoms with Crippen LogP contribution in [0.3, 0.4) is 0 Å². The molecule has 1 atom stereocenters. The highest BCUT2D eigenvalue weighted by molar-refractivity contribution is 7.10. The van der Waals surface area contributed by atoms with E-state index in [1.165, 1.54) is 21.9 Å². The van der Waals surface area contributed by atoms with E-state index in [1.54, 1.807) is 54.3 Å². The second-order valence-electron chi connectivity index (χ2n) is 9.51. The third kappa shape index (κ3) is 5.72. The summed E-state index contributed by atoms with van der Waals surface area (Å²) >= 11 is 20.5. The highest BCUT2D eigenvalue weighted by atomic mass is 35.5. The normalized spacial score (nSPS) is 15.5. The average molecular weight is 568 g/mol. The quantitative estimate of drug-likeness (QED) is 0.290. The minimum Gasteiger partial charge on any atom is -0.330 e. The summed E-state index contributed by atoms with van der Waals surface area (Å²) in [6.07, 6.45) is 0.722. The molecule has 9 heteroatoms. The van der Waals surface area contributed by atoms with Gasteiger partial charge in [-0.3, -0.25) is 9.59 Å². The largest absolute Gasteiger partial charge is 0.330 e. The third-order valence-electron chi connectivity index (χ3n) is 6.36. The Bertz CT molecular complexity index is 1260. The summed E-state index contributed by atoms with van der Waals surface area (Å²) < 4.78 is 13.5.